The van der Waals surface area contributed by atoms with Gasteiger partial charge in [-0.2, -0.15) is 0 Å². The molecule has 3 unspecified atom stereocenters. The van der Waals surface area contributed by atoms with Crippen molar-refractivity contribution in [1.82, 2.24) is 5.32 Å². The van der Waals surface area contributed by atoms with Crippen molar-refractivity contribution in [1.29, 1.82) is 0 Å². The Morgan fingerprint density at radius 2 is 2.07 bits per heavy atom. The van der Waals surface area contributed by atoms with Gasteiger partial charge in [0.05, 0.1) is 11.8 Å². The van der Waals surface area contributed by atoms with Crippen LogP contribution in [0.5, 0.6) is 0 Å². The van der Waals surface area contributed by atoms with E-state index >= 15 is 0 Å². The van der Waals surface area contributed by atoms with Crippen LogP contribution >= 0.6 is 0 Å². The molecule has 2 aliphatic carbocycles. The Labute approximate surface area is 89.0 Å². The van der Waals surface area contributed by atoms with Gasteiger partial charge < -0.3 is 10.4 Å². The minimum Gasteiger partial charge on any atom is -0.481 e. The zero-order valence-electron chi connectivity index (χ0n) is 8.90. The fourth-order valence-electron chi connectivity index (χ4n) is 2.02. The number of carbonyl (C=O) groups excluding carboxylic acids is 1. The summed E-state index contributed by atoms with van der Waals surface area (Å²) in [7, 11) is 0. The molecule has 0 aromatic rings. The molecule has 2 N–H and O–H groups in total. The van der Waals surface area contributed by atoms with Crippen molar-refractivity contribution in [3.8, 4) is 0 Å². The molecule has 0 spiro atoms. The Balaban J connectivity index is 1.70. The fraction of sp³-hybridized carbons (Fsp3) is 0.818. The average Bonchev–Trinajstić information content (AvgIpc) is 2.98. The molecule has 4 nitrogen and oxygen atoms in total. The van der Waals surface area contributed by atoms with Crippen LogP contribution in [-0.4, -0.2) is 23.0 Å². The van der Waals surface area contributed by atoms with Crippen LogP contribution in [0.3, 0.4) is 0 Å². The topological polar surface area (TPSA) is 66.4 Å². The molecule has 3 atom stereocenters. The molecule has 84 valence electrons. The molecule has 0 bridgehead atoms. The maximum Gasteiger partial charge on any atom is 0.307 e. The zero-order chi connectivity index (χ0) is 11.0. The second kappa shape index (κ2) is 3.83. The summed E-state index contributed by atoms with van der Waals surface area (Å²) in [5, 5.41) is 11.6. The van der Waals surface area contributed by atoms with E-state index in [1.165, 1.54) is 12.8 Å². The normalized spacial score (nSPS) is 30.7. The molecule has 0 heterocycles. The van der Waals surface area contributed by atoms with Crippen molar-refractivity contribution >= 4 is 11.9 Å². The third-order valence-electron chi connectivity index (χ3n) is 3.22. The van der Waals surface area contributed by atoms with Crippen LogP contribution in [0.15, 0.2) is 0 Å². The third kappa shape index (κ3) is 2.70. The molecule has 2 fully saturated rings. The monoisotopic (exact) mass is 211 g/mol. The van der Waals surface area contributed by atoms with Gasteiger partial charge in [0.1, 0.15) is 0 Å². The number of rotatable bonds is 5. The van der Waals surface area contributed by atoms with Crippen LogP contribution in [0.25, 0.3) is 0 Å². The number of carboxylic acid groups (broad SMARTS) is 1. The number of hydrogen-bond donors (Lipinski definition) is 2. The van der Waals surface area contributed by atoms with Crippen LogP contribution in [0, 0.1) is 17.8 Å². The lowest BCUT2D eigenvalue weighted by Crippen LogP contribution is -2.34. The molecule has 2 aliphatic rings. The SMILES string of the molecule is CC(CC1CC1)NC(=O)C1CC1C(=O)O. The van der Waals surface area contributed by atoms with E-state index < -0.39 is 11.9 Å². The number of carbonyl (C=O) groups is 2. The van der Waals surface area contributed by atoms with Gasteiger partial charge in [0.2, 0.25) is 5.91 Å². The minimum atomic E-state index is -0.843. The van der Waals surface area contributed by atoms with Gasteiger partial charge in [-0.05, 0) is 25.7 Å². The number of nitrogens with one attached hydrogen (secondary N) is 1. The number of carboxylic acids is 1. The van der Waals surface area contributed by atoms with E-state index in [1.54, 1.807) is 0 Å². The Hall–Kier alpha value is -1.06. The van der Waals surface area contributed by atoms with Crippen LogP contribution in [0.1, 0.15) is 32.6 Å². The van der Waals surface area contributed by atoms with Crippen molar-refractivity contribution in [2.24, 2.45) is 17.8 Å². The lowest BCUT2D eigenvalue weighted by atomic mass is 10.1. The molecule has 2 rings (SSSR count). The quantitative estimate of drug-likeness (QED) is 0.713. The maximum absolute atomic E-state index is 11.6. The van der Waals surface area contributed by atoms with Crippen LogP contribution in [0.4, 0.5) is 0 Å². The lowest BCUT2D eigenvalue weighted by Gasteiger charge is -2.12. The minimum absolute atomic E-state index is 0.0736. The molecule has 0 aromatic heterocycles. The van der Waals surface area contributed by atoms with E-state index in [1.807, 2.05) is 6.92 Å². The Morgan fingerprint density at radius 3 is 2.53 bits per heavy atom. The summed E-state index contributed by atoms with van der Waals surface area (Å²) in [6, 6.07) is 0.194. The Bertz CT molecular complexity index is 286. The van der Waals surface area contributed by atoms with Gasteiger partial charge in [-0.3, -0.25) is 9.59 Å². The fourth-order valence-corrected chi connectivity index (χ4v) is 2.02. The predicted octanol–water partition coefficient (Wildman–Crippen LogP) is 1.01. The molecule has 0 aromatic carbocycles. The highest BCUT2D eigenvalue weighted by Crippen LogP contribution is 2.39. The van der Waals surface area contributed by atoms with Crippen molar-refractivity contribution in [2.45, 2.75) is 38.6 Å². The lowest BCUT2D eigenvalue weighted by molar-refractivity contribution is -0.140. The van der Waals surface area contributed by atoms with Gasteiger partial charge in [-0.25, -0.2) is 0 Å². The summed E-state index contributed by atoms with van der Waals surface area (Å²) in [6.45, 7) is 1.99. The summed E-state index contributed by atoms with van der Waals surface area (Å²) in [5.74, 6) is -0.836. The largest absolute Gasteiger partial charge is 0.481 e. The predicted molar refractivity (Wildman–Crippen MR) is 54.2 cm³/mol. The Morgan fingerprint density at radius 1 is 1.40 bits per heavy atom. The summed E-state index contributed by atoms with van der Waals surface area (Å²) in [5.41, 5.74) is 0. The molecule has 0 aliphatic heterocycles. The van der Waals surface area contributed by atoms with Gasteiger partial charge in [-0.15, -0.1) is 0 Å². The van der Waals surface area contributed by atoms with E-state index in [0.29, 0.717) is 6.42 Å². The number of aliphatic carboxylic acids is 1. The van der Waals surface area contributed by atoms with E-state index in [0.717, 1.165) is 12.3 Å². The van der Waals surface area contributed by atoms with Crippen LogP contribution in [-0.2, 0) is 9.59 Å². The number of amides is 1. The molecular formula is C11H17NO3. The summed E-state index contributed by atoms with van der Waals surface area (Å²) in [4.78, 5) is 22.1. The van der Waals surface area contributed by atoms with Gasteiger partial charge >= 0.3 is 5.97 Å². The molecular weight excluding hydrogens is 194 g/mol. The zero-order valence-corrected chi connectivity index (χ0v) is 8.90. The van der Waals surface area contributed by atoms with Crippen molar-refractivity contribution in [3.05, 3.63) is 0 Å². The highest BCUT2D eigenvalue weighted by atomic mass is 16.4. The van der Waals surface area contributed by atoms with Gasteiger partial charge in [0.25, 0.3) is 0 Å². The first-order valence-electron chi connectivity index (χ1n) is 5.61. The summed E-state index contributed by atoms with van der Waals surface area (Å²) >= 11 is 0. The highest BCUT2D eigenvalue weighted by Gasteiger charge is 2.48. The summed E-state index contributed by atoms with van der Waals surface area (Å²) in [6.07, 6.45) is 4.11. The Kier molecular flexibility index (Phi) is 2.67. The molecule has 0 radical (unpaired) electrons. The highest BCUT2D eigenvalue weighted by molar-refractivity contribution is 5.89. The molecule has 15 heavy (non-hydrogen) atoms. The third-order valence-corrected chi connectivity index (χ3v) is 3.22. The van der Waals surface area contributed by atoms with Crippen molar-refractivity contribution in [2.75, 3.05) is 0 Å². The summed E-state index contributed by atoms with van der Waals surface area (Å²) < 4.78 is 0. The smallest absolute Gasteiger partial charge is 0.307 e. The van der Waals surface area contributed by atoms with Gasteiger partial charge in [-0.1, -0.05) is 12.8 Å². The van der Waals surface area contributed by atoms with Crippen LogP contribution in [0.2, 0.25) is 0 Å². The second-order valence-electron chi connectivity index (χ2n) is 4.88. The first kappa shape index (κ1) is 10.5. The van der Waals surface area contributed by atoms with Gasteiger partial charge in [0.15, 0.2) is 0 Å². The molecule has 4 heteroatoms. The van der Waals surface area contributed by atoms with Crippen LogP contribution < -0.4 is 5.32 Å². The molecule has 2 saturated carbocycles. The van der Waals surface area contributed by atoms with Crippen molar-refractivity contribution < 1.29 is 14.7 Å². The average molecular weight is 211 g/mol. The van der Waals surface area contributed by atoms with E-state index in [4.69, 9.17) is 5.11 Å². The first-order valence-corrected chi connectivity index (χ1v) is 5.61. The first-order chi connectivity index (χ1) is 7.08. The molecule has 0 saturated heterocycles. The van der Waals surface area contributed by atoms with E-state index in [2.05, 4.69) is 5.32 Å². The maximum atomic E-state index is 11.6. The second-order valence-corrected chi connectivity index (χ2v) is 4.88. The number of hydrogen-bond acceptors (Lipinski definition) is 2. The van der Waals surface area contributed by atoms with Gasteiger partial charge in [0, 0.05) is 6.04 Å². The van der Waals surface area contributed by atoms with Crippen molar-refractivity contribution in [3.63, 3.8) is 0 Å². The van der Waals surface area contributed by atoms with E-state index in [9.17, 15) is 9.59 Å². The molecule has 1 amide bonds. The standard InChI is InChI=1S/C11H17NO3/c1-6(4-7-2-3-7)12-10(13)8-5-9(8)11(14)15/h6-9H,2-5H2,1H3,(H,12,13)(H,14,15). The van der Waals surface area contributed by atoms with E-state index in [-0.39, 0.29) is 17.9 Å².